The number of nitrogens with one attached hydrogen (secondary N) is 2. The lowest BCUT2D eigenvalue weighted by Crippen LogP contribution is -2.36. The van der Waals surface area contributed by atoms with E-state index in [-0.39, 0.29) is 5.91 Å². The summed E-state index contributed by atoms with van der Waals surface area (Å²) in [6.45, 7) is 3.87. The van der Waals surface area contributed by atoms with Crippen molar-refractivity contribution in [3.8, 4) is 5.88 Å². The molecule has 0 saturated heterocycles. The van der Waals surface area contributed by atoms with Gasteiger partial charge in [-0.05, 0) is 30.2 Å². The average Bonchev–Trinajstić information content (AvgIpc) is 2.72. The van der Waals surface area contributed by atoms with Crippen LogP contribution >= 0.6 is 0 Å². The van der Waals surface area contributed by atoms with Crippen LogP contribution in [-0.4, -0.2) is 49.5 Å². The van der Waals surface area contributed by atoms with Gasteiger partial charge in [0.05, 0.1) is 6.61 Å². The largest absolute Gasteiger partial charge is 0.477 e. The zero-order valence-corrected chi connectivity index (χ0v) is 17.0. The maximum atomic E-state index is 11.9. The number of rotatable bonds is 8. The molecule has 1 aromatic carbocycles. The number of aliphatic imine (C=N–C) groups is 1. The van der Waals surface area contributed by atoms with Gasteiger partial charge in [-0.25, -0.2) is 4.98 Å². The molecule has 0 fully saturated rings. The molecular weight excluding hydrogens is 354 g/mol. The SMILES string of the molecule is CCCOc1ncccc1CNC(=NC)NCc1ccc(C(=O)N(C)C)cc1. The third-order valence-electron chi connectivity index (χ3n) is 4.03. The maximum absolute atomic E-state index is 11.9. The Morgan fingerprint density at radius 3 is 2.50 bits per heavy atom. The number of benzene rings is 1. The van der Waals surface area contributed by atoms with Gasteiger partial charge in [-0.2, -0.15) is 0 Å². The van der Waals surface area contributed by atoms with E-state index in [1.165, 1.54) is 0 Å². The van der Waals surface area contributed by atoms with E-state index in [1.807, 2.05) is 36.4 Å². The highest BCUT2D eigenvalue weighted by Gasteiger charge is 2.08. The fourth-order valence-electron chi connectivity index (χ4n) is 2.50. The number of nitrogens with zero attached hydrogens (tertiary/aromatic N) is 3. The van der Waals surface area contributed by atoms with Crippen molar-refractivity contribution in [2.75, 3.05) is 27.7 Å². The molecule has 1 aromatic heterocycles. The van der Waals surface area contributed by atoms with Crippen molar-refractivity contribution in [3.05, 3.63) is 59.3 Å². The maximum Gasteiger partial charge on any atom is 0.253 e. The molecule has 7 nitrogen and oxygen atoms in total. The van der Waals surface area contributed by atoms with Crippen molar-refractivity contribution < 1.29 is 9.53 Å². The van der Waals surface area contributed by atoms with Crippen molar-refractivity contribution in [1.82, 2.24) is 20.5 Å². The van der Waals surface area contributed by atoms with E-state index in [2.05, 4.69) is 27.5 Å². The molecule has 2 N–H and O–H groups in total. The van der Waals surface area contributed by atoms with Crippen LogP contribution in [0.25, 0.3) is 0 Å². The number of ether oxygens (including phenoxy) is 1. The molecule has 0 aliphatic rings. The number of hydrogen-bond donors (Lipinski definition) is 2. The second-order valence-corrected chi connectivity index (χ2v) is 6.49. The Morgan fingerprint density at radius 1 is 1.14 bits per heavy atom. The van der Waals surface area contributed by atoms with E-state index in [1.54, 1.807) is 32.2 Å². The van der Waals surface area contributed by atoms with Crippen LogP contribution in [0.4, 0.5) is 0 Å². The molecule has 0 bridgehead atoms. The molecular formula is C21H29N5O2. The van der Waals surface area contributed by atoms with E-state index in [0.717, 1.165) is 17.5 Å². The van der Waals surface area contributed by atoms with Crippen LogP contribution < -0.4 is 15.4 Å². The van der Waals surface area contributed by atoms with Gasteiger partial charge in [-0.3, -0.25) is 9.79 Å². The van der Waals surface area contributed by atoms with Gasteiger partial charge in [0.25, 0.3) is 5.91 Å². The fourth-order valence-corrected chi connectivity index (χ4v) is 2.50. The molecule has 0 unspecified atom stereocenters. The predicted octanol–water partition coefficient (Wildman–Crippen LogP) is 2.44. The first-order valence-corrected chi connectivity index (χ1v) is 9.37. The molecule has 0 aliphatic carbocycles. The lowest BCUT2D eigenvalue weighted by atomic mass is 10.1. The Balaban J connectivity index is 1.89. The number of carbonyl (C=O) groups is 1. The van der Waals surface area contributed by atoms with Crippen LogP contribution in [0.1, 0.15) is 34.8 Å². The minimum atomic E-state index is -0.00504. The first kappa shape index (κ1) is 21.2. The Hall–Kier alpha value is -3.09. The van der Waals surface area contributed by atoms with Crippen molar-refractivity contribution in [2.24, 2.45) is 4.99 Å². The van der Waals surface area contributed by atoms with Gasteiger partial charge in [-0.1, -0.05) is 25.1 Å². The molecule has 2 aromatic rings. The van der Waals surface area contributed by atoms with Crippen LogP contribution in [0.3, 0.4) is 0 Å². The first-order chi connectivity index (χ1) is 13.5. The second-order valence-electron chi connectivity index (χ2n) is 6.49. The van der Waals surface area contributed by atoms with Crippen LogP contribution in [0, 0.1) is 0 Å². The van der Waals surface area contributed by atoms with Gasteiger partial charge < -0.3 is 20.3 Å². The van der Waals surface area contributed by atoms with E-state index < -0.39 is 0 Å². The molecule has 0 radical (unpaired) electrons. The van der Waals surface area contributed by atoms with Gasteiger partial charge in [0.15, 0.2) is 5.96 Å². The highest BCUT2D eigenvalue weighted by Crippen LogP contribution is 2.14. The predicted molar refractivity (Wildman–Crippen MR) is 112 cm³/mol. The fraction of sp³-hybridized carbons (Fsp3) is 0.381. The van der Waals surface area contributed by atoms with Gasteiger partial charge >= 0.3 is 0 Å². The molecule has 0 saturated carbocycles. The van der Waals surface area contributed by atoms with Crippen LogP contribution in [0.2, 0.25) is 0 Å². The quantitative estimate of drug-likeness (QED) is 0.541. The average molecular weight is 383 g/mol. The number of carbonyl (C=O) groups excluding carboxylic acids is 1. The third-order valence-corrected chi connectivity index (χ3v) is 4.03. The van der Waals surface area contributed by atoms with Crippen LogP contribution in [-0.2, 0) is 13.1 Å². The van der Waals surface area contributed by atoms with Crippen molar-refractivity contribution in [1.29, 1.82) is 0 Å². The molecule has 0 spiro atoms. The number of pyridine rings is 1. The van der Waals surface area contributed by atoms with Gasteiger partial charge in [0.1, 0.15) is 0 Å². The molecule has 1 amide bonds. The first-order valence-electron chi connectivity index (χ1n) is 9.37. The minimum absolute atomic E-state index is 0.00504. The molecule has 2 rings (SSSR count). The number of aromatic nitrogens is 1. The molecule has 0 aliphatic heterocycles. The summed E-state index contributed by atoms with van der Waals surface area (Å²) in [6.07, 6.45) is 2.66. The van der Waals surface area contributed by atoms with Crippen molar-refractivity contribution in [2.45, 2.75) is 26.4 Å². The zero-order valence-electron chi connectivity index (χ0n) is 17.0. The molecule has 0 atom stereocenters. The normalized spacial score (nSPS) is 11.1. The Bertz CT molecular complexity index is 788. The van der Waals surface area contributed by atoms with Crippen LogP contribution in [0.15, 0.2) is 47.6 Å². The minimum Gasteiger partial charge on any atom is -0.477 e. The topological polar surface area (TPSA) is 78.8 Å². The van der Waals surface area contributed by atoms with E-state index >= 15 is 0 Å². The number of amides is 1. The summed E-state index contributed by atoms with van der Waals surface area (Å²) in [4.78, 5) is 22.1. The summed E-state index contributed by atoms with van der Waals surface area (Å²) < 4.78 is 5.69. The van der Waals surface area contributed by atoms with Gasteiger partial charge in [-0.15, -0.1) is 0 Å². The van der Waals surface area contributed by atoms with Gasteiger partial charge in [0, 0.05) is 51.6 Å². The van der Waals surface area contributed by atoms with E-state index in [4.69, 9.17) is 4.74 Å². The van der Waals surface area contributed by atoms with Gasteiger partial charge in [0.2, 0.25) is 5.88 Å². The Labute approximate surface area is 166 Å². The lowest BCUT2D eigenvalue weighted by Gasteiger charge is -2.14. The van der Waals surface area contributed by atoms with Crippen LogP contribution in [0.5, 0.6) is 5.88 Å². The number of guanidine groups is 1. The highest BCUT2D eigenvalue weighted by atomic mass is 16.5. The summed E-state index contributed by atoms with van der Waals surface area (Å²) in [5, 5.41) is 6.55. The van der Waals surface area contributed by atoms with Crippen molar-refractivity contribution >= 4 is 11.9 Å². The third kappa shape index (κ3) is 6.26. The summed E-state index contributed by atoms with van der Waals surface area (Å²) in [7, 11) is 5.22. The Kier molecular flexibility index (Phi) is 8.27. The standard InChI is InChI=1S/C21H29N5O2/c1-5-13-28-19-18(7-6-12-23-19)15-25-21(22-2)24-14-16-8-10-17(11-9-16)20(27)26(3)4/h6-12H,5,13-15H2,1-4H3,(H2,22,24,25). The number of hydrogen-bond acceptors (Lipinski definition) is 4. The molecule has 7 heteroatoms. The molecule has 1 heterocycles. The lowest BCUT2D eigenvalue weighted by molar-refractivity contribution is 0.0827. The Morgan fingerprint density at radius 2 is 1.86 bits per heavy atom. The summed E-state index contributed by atoms with van der Waals surface area (Å²) in [5.41, 5.74) is 2.71. The summed E-state index contributed by atoms with van der Waals surface area (Å²) in [6, 6.07) is 11.4. The molecule has 150 valence electrons. The zero-order chi connectivity index (χ0) is 20.4. The summed E-state index contributed by atoms with van der Waals surface area (Å²) in [5.74, 6) is 1.32. The van der Waals surface area contributed by atoms with Crippen molar-refractivity contribution in [3.63, 3.8) is 0 Å². The monoisotopic (exact) mass is 383 g/mol. The summed E-state index contributed by atoms with van der Waals surface area (Å²) >= 11 is 0. The molecule has 28 heavy (non-hydrogen) atoms. The smallest absolute Gasteiger partial charge is 0.253 e. The van der Waals surface area contributed by atoms with E-state index in [0.29, 0.717) is 37.1 Å². The second kappa shape index (κ2) is 10.9. The highest BCUT2D eigenvalue weighted by molar-refractivity contribution is 5.93. The van der Waals surface area contributed by atoms with E-state index in [9.17, 15) is 4.79 Å².